The number of benzene rings is 4. The second kappa shape index (κ2) is 21.0. The highest BCUT2D eigenvalue weighted by atomic mass is 16.5. The first-order chi connectivity index (χ1) is 31.5. The van der Waals surface area contributed by atoms with E-state index in [-0.39, 0.29) is 12.6 Å². The fourth-order valence-electron chi connectivity index (χ4n) is 10.0. The molecule has 2 fully saturated rings. The number of rotatable bonds is 14. The van der Waals surface area contributed by atoms with Gasteiger partial charge in [0.2, 0.25) is 0 Å². The Morgan fingerprint density at radius 3 is 1.66 bits per heavy atom. The maximum atomic E-state index is 11.9. The van der Waals surface area contributed by atoms with E-state index in [2.05, 4.69) is 90.5 Å². The van der Waals surface area contributed by atoms with Crippen molar-refractivity contribution in [2.45, 2.75) is 70.8 Å². The third-order valence-corrected chi connectivity index (χ3v) is 13.8. The SMILES string of the molecule is COC(=O)c1ccc2[nH]cc(CCCCN3CCN(c4ccc5c(c4)CCCO5)CC3)c2c1.OCc1ccc2[nH]cc(CCCCN3CCN(c4ccc5c(c4)CCCO5)CC3)c2c1. The molecule has 64 heavy (non-hydrogen) atoms. The van der Waals surface area contributed by atoms with Crippen molar-refractivity contribution in [1.29, 1.82) is 0 Å². The Balaban J connectivity index is 0.000000162. The molecule has 10 rings (SSSR count). The van der Waals surface area contributed by atoms with E-state index in [1.807, 2.05) is 24.3 Å². The molecule has 6 aromatic rings. The van der Waals surface area contributed by atoms with Crippen molar-refractivity contribution in [3.05, 3.63) is 119 Å². The molecule has 0 radical (unpaired) electrons. The van der Waals surface area contributed by atoms with Crippen LogP contribution in [0.3, 0.4) is 0 Å². The summed E-state index contributed by atoms with van der Waals surface area (Å²) in [7, 11) is 1.42. The van der Waals surface area contributed by atoms with E-state index in [1.165, 1.54) is 71.9 Å². The summed E-state index contributed by atoms with van der Waals surface area (Å²) in [5, 5.41) is 11.8. The van der Waals surface area contributed by atoms with Gasteiger partial charge in [0.15, 0.2) is 0 Å². The summed E-state index contributed by atoms with van der Waals surface area (Å²) >= 11 is 0. The predicted octanol–water partition coefficient (Wildman–Crippen LogP) is 8.55. The number of aliphatic hydroxyl groups is 1. The second-order valence-electron chi connectivity index (χ2n) is 18.0. The number of aryl methyl sites for hydroxylation is 4. The number of hydrogen-bond donors (Lipinski definition) is 3. The molecule has 338 valence electrons. The monoisotopic (exact) mass is 867 g/mol. The second-order valence-corrected chi connectivity index (χ2v) is 18.0. The van der Waals surface area contributed by atoms with Crippen LogP contribution in [0, 0.1) is 0 Å². The average molecular weight is 867 g/mol. The van der Waals surface area contributed by atoms with Crippen molar-refractivity contribution in [3.63, 3.8) is 0 Å². The molecule has 0 atom stereocenters. The topological polar surface area (TPSA) is 110 Å². The molecule has 11 heteroatoms. The minimum atomic E-state index is -0.285. The number of ether oxygens (including phenoxy) is 3. The van der Waals surface area contributed by atoms with Crippen molar-refractivity contribution < 1.29 is 24.1 Å². The zero-order chi connectivity index (χ0) is 43.7. The van der Waals surface area contributed by atoms with Gasteiger partial charge in [-0.15, -0.1) is 0 Å². The number of anilines is 2. The number of piperazine rings is 2. The van der Waals surface area contributed by atoms with E-state index in [4.69, 9.17) is 14.2 Å². The van der Waals surface area contributed by atoms with Gasteiger partial charge in [0.05, 0.1) is 32.5 Å². The summed E-state index contributed by atoms with van der Waals surface area (Å²) in [6, 6.07) is 25.3. The number of fused-ring (bicyclic) bond motifs is 4. The van der Waals surface area contributed by atoms with Crippen LogP contribution < -0.4 is 19.3 Å². The van der Waals surface area contributed by atoms with Gasteiger partial charge in [-0.25, -0.2) is 4.79 Å². The first-order valence-electron chi connectivity index (χ1n) is 23.9. The maximum Gasteiger partial charge on any atom is 0.337 e. The molecule has 2 aromatic heterocycles. The molecule has 4 aliphatic rings. The van der Waals surface area contributed by atoms with Crippen LogP contribution in [0.4, 0.5) is 11.4 Å². The molecule has 4 aliphatic heterocycles. The van der Waals surface area contributed by atoms with Crippen LogP contribution in [0.2, 0.25) is 0 Å². The molecule has 0 unspecified atom stereocenters. The fourth-order valence-corrected chi connectivity index (χ4v) is 10.0. The number of unbranched alkanes of at least 4 members (excludes halogenated alkanes) is 2. The summed E-state index contributed by atoms with van der Waals surface area (Å²) in [5.74, 6) is 1.86. The number of aromatic nitrogens is 2. The Kier molecular flexibility index (Phi) is 14.4. The van der Waals surface area contributed by atoms with Gasteiger partial charge in [-0.3, -0.25) is 9.80 Å². The number of esters is 1. The van der Waals surface area contributed by atoms with E-state index in [9.17, 15) is 9.90 Å². The lowest BCUT2D eigenvalue weighted by Gasteiger charge is -2.36. The van der Waals surface area contributed by atoms with Crippen molar-refractivity contribution in [3.8, 4) is 11.5 Å². The van der Waals surface area contributed by atoms with E-state index in [0.29, 0.717) is 5.56 Å². The number of carbonyl (C=O) groups is 1. The average Bonchev–Trinajstić information content (AvgIpc) is 3.97. The highest BCUT2D eigenvalue weighted by molar-refractivity contribution is 5.95. The van der Waals surface area contributed by atoms with Crippen molar-refractivity contribution in [2.24, 2.45) is 0 Å². The number of H-pyrrole nitrogens is 2. The molecule has 0 amide bonds. The van der Waals surface area contributed by atoms with Gasteiger partial charge in [-0.05, 0) is 172 Å². The van der Waals surface area contributed by atoms with Gasteiger partial charge in [0.25, 0.3) is 0 Å². The van der Waals surface area contributed by atoms with Crippen molar-refractivity contribution >= 4 is 39.1 Å². The van der Waals surface area contributed by atoms with Crippen LogP contribution in [0.1, 0.15) is 76.7 Å². The number of aliphatic hydroxyl groups excluding tert-OH is 1. The molecule has 0 bridgehead atoms. The highest BCUT2D eigenvalue weighted by Crippen LogP contribution is 2.32. The molecule has 4 aromatic carbocycles. The summed E-state index contributed by atoms with van der Waals surface area (Å²) in [6.45, 7) is 13.0. The Morgan fingerprint density at radius 1 is 0.625 bits per heavy atom. The van der Waals surface area contributed by atoms with Crippen LogP contribution in [0.25, 0.3) is 21.8 Å². The minimum Gasteiger partial charge on any atom is -0.493 e. The van der Waals surface area contributed by atoms with Crippen LogP contribution >= 0.6 is 0 Å². The molecule has 11 nitrogen and oxygen atoms in total. The fraction of sp³-hybridized carbons (Fsp3) is 0.453. The van der Waals surface area contributed by atoms with Crippen LogP contribution in [-0.4, -0.2) is 117 Å². The third kappa shape index (κ3) is 10.5. The van der Waals surface area contributed by atoms with Gasteiger partial charge < -0.3 is 39.1 Å². The number of hydrogen-bond acceptors (Lipinski definition) is 9. The standard InChI is InChI=1S/C27H33N3O3.C26H33N3O2/c1-32-27(31)21-7-9-25-24(18-21)22(19-28-25)5-2-3-11-29-12-14-30(15-13-29)23-8-10-26-20(17-23)6-4-16-33-26;30-19-20-6-8-25-24(16-20)22(18-27-25)4-1-2-10-28-11-13-29(14-12-28)23-7-9-26-21(17-23)5-3-15-31-26/h7-10,17-19,28H,2-6,11-16H2,1H3;6-9,16-18,27,30H,1-5,10-15,19H2. The molecule has 6 heterocycles. The minimum absolute atomic E-state index is 0.103. The maximum absolute atomic E-state index is 11.9. The molecular weight excluding hydrogens is 801 g/mol. The smallest absolute Gasteiger partial charge is 0.337 e. The van der Waals surface area contributed by atoms with Crippen LogP contribution in [0.5, 0.6) is 11.5 Å². The van der Waals surface area contributed by atoms with Crippen molar-refractivity contribution in [2.75, 3.05) is 95.6 Å². The quantitative estimate of drug-likeness (QED) is 0.0734. The lowest BCUT2D eigenvalue weighted by Crippen LogP contribution is -2.46. The van der Waals surface area contributed by atoms with E-state index >= 15 is 0 Å². The Morgan fingerprint density at radius 2 is 1.14 bits per heavy atom. The molecule has 0 aliphatic carbocycles. The Bertz CT molecular complexity index is 2480. The van der Waals surface area contributed by atoms with Gasteiger partial charge in [-0.1, -0.05) is 6.07 Å². The highest BCUT2D eigenvalue weighted by Gasteiger charge is 2.21. The van der Waals surface area contributed by atoms with Crippen LogP contribution in [0.15, 0.2) is 85.2 Å². The van der Waals surface area contributed by atoms with Gasteiger partial charge >= 0.3 is 5.97 Å². The molecule has 0 saturated carbocycles. The Hall–Kier alpha value is -5.49. The number of aromatic amines is 2. The van der Waals surface area contributed by atoms with E-state index < -0.39 is 0 Å². The molecular formula is C53H66N6O5. The predicted molar refractivity (Wildman–Crippen MR) is 258 cm³/mol. The van der Waals surface area contributed by atoms with Gasteiger partial charge in [0, 0.05) is 97.9 Å². The third-order valence-electron chi connectivity index (χ3n) is 13.8. The lowest BCUT2D eigenvalue weighted by atomic mass is 10.0. The number of carbonyl (C=O) groups excluding carboxylic acids is 1. The van der Waals surface area contributed by atoms with Gasteiger partial charge in [-0.2, -0.15) is 0 Å². The zero-order valence-electron chi connectivity index (χ0n) is 37.7. The molecule has 3 N–H and O–H groups in total. The first-order valence-corrected chi connectivity index (χ1v) is 23.9. The van der Waals surface area contributed by atoms with Gasteiger partial charge in [0.1, 0.15) is 11.5 Å². The Labute approximate surface area is 378 Å². The first kappa shape index (κ1) is 43.7. The summed E-state index contributed by atoms with van der Waals surface area (Å²) in [5.41, 5.74) is 11.9. The zero-order valence-corrected chi connectivity index (χ0v) is 37.7. The summed E-state index contributed by atoms with van der Waals surface area (Å²) in [4.78, 5) is 28.8. The summed E-state index contributed by atoms with van der Waals surface area (Å²) in [6.07, 6.45) is 15.6. The van der Waals surface area contributed by atoms with E-state index in [1.54, 1.807) is 0 Å². The molecule has 0 spiro atoms. The number of methoxy groups -OCH3 is 1. The largest absolute Gasteiger partial charge is 0.493 e. The summed E-state index contributed by atoms with van der Waals surface area (Å²) < 4.78 is 16.4. The lowest BCUT2D eigenvalue weighted by molar-refractivity contribution is 0.0601. The van der Waals surface area contributed by atoms with Crippen molar-refractivity contribution in [1.82, 2.24) is 19.8 Å². The number of nitrogens with one attached hydrogen (secondary N) is 2. The number of nitrogens with zero attached hydrogens (tertiary/aromatic N) is 4. The normalized spacial score (nSPS) is 16.7. The molecule has 2 saturated heterocycles. The van der Waals surface area contributed by atoms with E-state index in [0.717, 1.165) is 151 Å². The van der Waals surface area contributed by atoms with Crippen LogP contribution in [-0.2, 0) is 37.0 Å².